The minimum absolute atomic E-state index is 0.216. The number of rotatable bonds is 5. The highest BCUT2D eigenvalue weighted by molar-refractivity contribution is 5.81. The fourth-order valence-corrected chi connectivity index (χ4v) is 5.63. The van der Waals surface area contributed by atoms with Gasteiger partial charge in [0.1, 0.15) is 0 Å². The Morgan fingerprint density at radius 3 is 2.39 bits per heavy atom. The summed E-state index contributed by atoms with van der Waals surface area (Å²) in [4.78, 5) is 17.7. The van der Waals surface area contributed by atoms with Crippen LogP contribution in [0.15, 0.2) is 54.6 Å². The molecule has 0 unspecified atom stereocenters. The smallest absolute Gasteiger partial charge is 0.225 e. The Morgan fingerprint density at radius 2 is 1.64 bits per heavy atom. The molecule has 4 heteroatoms. The first-order valence-corrected chi connectivity index (χ1v) is 12.7. The second-order valence-electron chi connectivity index (χ2n) is 10.3. The molecule has 4 nitrogen and oxygen atoms in total. The molecule has 3 heterocycles. The molecule has 2 aliphatic heterocycles. The summed E-state index contributed by atoms with van der Waals surface area (Å²) >= 11 is 0. The molecule has 0 atom stereocenters. The van der Waals surface area contributed by atoms with E-state index in [0.717, 1.165) is 70.9 Å². The van der Waals surface area contributed by atoms with Crippen LogP contribution >= 0.6 is 0 Å². The second kappa shape index (κ2) is 9.72. The molecule has 2 aromatic carbocycles. The number of amides is 1. The van der Waals surface area contributed by atoms with Crippen molar-refractivity contribution < 1.29 is 4.79 Å². The van der Waals surface area contributed by atoms with Crippen LogP contribution in [-0.2, 0) is 17.9 Å². The number of aromatic nitrogens is 1. The fourth-order valence-electron chi connectivity index (χ4n) is 5.63. The van der Waals surface area contributed by atoms with Gasteiger partial charge < -0.3 is 9.47 Å². The van der Waals surface area contributed by atoms with Gasteiger partial charge in [0.2, 0.25) is 5.91 Å². The van der Waals surface area contributed by atoms with Gasteiger partial charge >= 0.3 is 0 Å². The number of benzene rings is 2. The van der Waals surface area contributed by atoms with Crippen molar-refractivity contribution in [2.24, 2.45) is 11.8 Å². The number of hydrogen-bond acceptors (Lipinski definition) is 2. The van der Waals surface area contributed by atoms with E-state index in [2.05, 4.69) is 82.8 Å². The van der Waals surface area contributed by atoms with Gasteiger partial charge in [-0.1, -0.05) is 55.0 Å². The van der Waals surface area contributed by atoms with Crippen LogP contribution in [0.1, 0.15) is 49.4 Å². The van der Waals surface area contributed by atoms with E-state index in [1.807, 2.05) is 0 Å². The standard InChI is InChI=1S/C29H37N3O/c1-22-10-16-31(17-11-22)29(33)25-12-14-30(15-13-25)21-27-19-26-8-3-4-9-28(26)32(27)20-24-7-5-6-23(2)18-24/h3-9,18-19,22,25H,10-17,20-21H2,1-2H3. The molecule has 33 heavy (non-hydrogen) atoms. The summed E-state index contributed by atoms with van der Waals surface area (Å²) in [5.41, 5.74) is 5.32. The van der Waals surface area contributed by atoms with Crippen LogP contribution in [0.3, 0.4) is 0 Å². The van der Waals surface area contributed by atoms with E-state index >= 15 is 0 Å². The number of carbonyl (C=O) groups is 1. The van der Waals surface area contributed by atoms with E-state index in [-0.39, 0.29) is 5.92 Å². The van der Waals surface area contributed by atoms with Crippen molar-refractivity contribution in [3.63, 3.8) is 0 Å². The summed E-state index contributed by atoms with van der Waals surface area (Å²) in [5, 5.41) is 1.31. The molecule has 0 spiro atoms. The Bertz CT molecular complexity index is 1100. The number of piperidine rings is 2. The van der Waals surface area contributed by atoms with E-state index in [0.29, 0.717) is 5.91 Å². The van der Waals surface area contributed by atoms with E-state index in [9.17, 15) is 4.79 Å². The zero-order valence-electron chi connectivity index (χ0n) is 20.2. The molecule has 2 saturated heterocycles. The quantitative estimate of drug-likeness (QED) is 0.523. The average Bonchev–Trinajstić information content (AvgIpc) is 3.16. The Balaban J connectivity index is 1.27. The normalized spacial score (nSPS) is 18.8. The molecule has 0 radical (unpaired) electrons. The van der Waals surface area contributed by atoms with Crippen molar-refractivity contribution in [1.29, 1.82) is 0 Å². The molecule has 0 N–H and O–H groups in total. The number of para-hydroxylation sites is 1. The SMILES string of the molecule is Cc1cccc(Cn2c(CN3CCC(C(=O)N4CCC(C)CC4)CC3)cc3ccccc32)c1. The number of hydrogen-bond donors (Lipinski definition) is 0. The first kappa shape index (κ1) is 22.2. The summed E-state index contributed by atoms with van der Waals surface area (Å²) in [6.07, 6.45) is 4.30. The van der Waals surface area contributed by atoms with Gasteiger partial charge in [0.05, 0.1) is 0 Å². The molecule has 2 aliphatic rings. The Kier molecular flexibility index (Phi) is 6.55. The summed E-state index contributed by atoms with van der Waals surface area (Å²) in [6, 6.07) is 19.9. The molecule has 2 fully saturated rings. The van der Waals surface area contributed by atoms with Crippen LogP contribution in [-0.4, -0.2) is 46.5 Å². The maximum absolute atomic E-state index is 13.0. The first-order valence-electron chi connectivity index (χ1n) is 12.7. The second-order valence-corrected chi connectivity index (χ2v) is 10.3. The Hall–Kier alpha value is -2.59. The van der Waals surface area contributed by atoms with Crippen LogP contribution in [0.2, 0.25) is 0 Å². The van der Waals surface area contributed by atoms with Gasteiger partial charge in [-0.15, -0.1) is 0 Å². The monoisotopic (exact) mass is 443 g/mol. The van der Waals surface area contributed by atoms with Gasteiger partial charge in [-0.25, -0.2) is 0 Å². The molecule has 3 aromatic rings. The molecule has 0 bridgehead atoms. The zero-order chi connectivity index (χ0) is 22.8. The predicted octanol–water partition coefficient (Wildman–Crippen LogP) is 5.47. The maximum Gasteiger partial charge on any atom is 0.225 e. The van der Waals surface area contributed by atoms with Gasteiger partial charge in [0.25, 0.3) is 0 Å². The van der Waals surface area contributed by atoms with Gasteiger partial charge in [-0.05, 0) is 74.7 Å². The number of aryl methyl sites for hydroxylation is 1. The minimum Gasteiger partial charge on any atom is -0.342 e. The minimum atomic E-state index is 0.216. The molecule has 5 rings (SSSR count). The third-order valence-electron chi connectivity index (χ3n) is 7.74. The topological polar surface area (TPSA) is 28.5 Å². The predicted molar refractivity (Wildman–Crippen MR) is 135 cm³/mol. The molecule has 1 amide bonds. The van der Waals surface area contributed by atoms with Crippen molar-refractivity contribution in [1.82, 2.24) is 14.4 Å². The van der Waals surface area contributed by atoms with Crippen LogP contribution in [0, 0.1) is 18.8 Å². The summed E-state index contributed by atoms with van der Waals surface area (Å²) in [5.74, 6) is 1.39. The lowest BCUT2D eigenvalue weighted by molar-refractivity contribution is -0.138. The van der Waals surface area contributed by atoms with Crippen molar-refractivity contribution in [3.05, 3.63) is 71.4 Å². The van der Waals surface area contributed by atoms with Crippen LogP contribution in [0.25, 0.3) is 10.9 Å². The zero-order valence-corrected chi connectivity index (χ0v) is 20.2. The maximum atomic E-state index is 13.0. The number of nitrogens with zero attached hydrogens (tertiary/aromatic N) is 3. The summed E-state index contributed by atoms with van der Waals surface area (Å²) in [7, 11) is 0. The van der Waals surface area contributed by atoms with Crippen LogP contribution in [0.5, 0.6) is 0 Å². The van der Waals surface area contributed by atoms with Crippen molar-refractivity contribution >= 4 is 16.8 Å². The molecular formula is C29H37N3O. The third-order valence-corrected chi connectivity index (χ3v) is 7.74. The summed E-state index contributed by atoms with van der Waals surface area (Å²) < 4.78 is 2.48. The highest BCUT2D eigenvalue weighted by atomic mass is 16.2. The highest BCUT2D eigenvalue weighted by Gasteiger charge is 2.30. The lowest BCUT2D eigenvalue weighted by Gasteiger charge is -2.36. The van der Waals surface area contributed by atoms with Crippen LogP contribution in [0.4, 0.5) is 0 Å². The first-order chi connectivity index (χ1) is 16.1. The Morgan fingerprint density at radius 1 is 0.879 bits per heavy atom. The summed E-state index contributed by atoms with van der Waals surface area (Å²) in [6.45, 7) is 10.2. The number of carbonyl (C=O) groups excluding carboxylic acids is 1. The average molecular weight is 444 g/mol. The van der Waals surface area contributed by atoms with Gasteiger partial charge in [-0.2, -0.15) is 0 Å². The van der Waals surface area contributed by atoms with Gasteiger partial charge in [0.15, 0.2) is 0 Å². The number of likely N-dealkylation sites (tertiary alicyclic amines) is 2. The van der Waals surface area contributed by atoms with Crippen LogP contribution < -0.4 is 0 Å². The lowest BCUT2D eigenvalue weighted by Crippen LogP contribution is -2.45. The van der Waals surface area contributed by atoms with Crippen molar-refractivity contribution in [3.8, 4) is 0 Å². The van der Waals surface area contributed by atoms with Gasteiger partial charge in [-0.3, -0.25) is 9.69 Å². The number of fused-ring (bicyclic) bond motifs is 1. The van der Waals surface area contributed by atoms with E-state index in [4.69, 9.17) is 0 Å². The molecule has 0 saturated carbocycles. The fraction of sp³-hybridized carbons (Fsp3) is 0.483. The molecule has 0 aliphatic carbocycles. The van der Waals surface area contributed by atoms with E-state index < -0.39 is 0 Å². The molecule has 174 valence electrons. The molecular weight excluding hydrogens is 406 g/mol. The Labute approximate surface area is 198 Å². The molecule has 1 aromatic heterocycles. The van der Waals surface area contributed by atoms with Gasteiger partial charge in [0, 0.05) is 43.3 Å². The third kappa shape index (κ3) is 5.01. The highest BCUT2D eigenvalue weighted by Crippen LogP contribution is 2.27. The van der Waals surface area contributed by atoms with Crippen molar-refractivity contribution in [2.75, 3.05) is 26.2 Å². The lowest BCUT2D eigenvalue weighted by atomic mass is 9.92. The van der Waals surface area contributed by atoms with Crippen molar-refractivity contribution in [2.45, 2.75) is 52.6 Å². The van der Waals surface area contributed by atoms with E-state index in [1.54, 1.807) is 0 Å². The largest absolute Gasteiger partial charge is 0.342 e. The van der Waals surface area contributed by atoms with E-state index in [1.165, 1.54) is 27.7 Å².